The molecule has 1 aliphatic heterocycles. The fraction of sp³-hybridized carbons (Fsp3) is 0.571. The first-order valence-corrected chi connectivity index (χ1v) is 4.50. The van der Waals surface area contributed by atoms with E-state index in [1.807, 2.05) is 17.8 Å². The van der Waals surface area contributed by atoms with Gasteiger partial charge < -0.3 is 5.73 Å². The normalized spacial score (nSPS) is 25.8. The maximum absolute atomic E-state index is 10.3. The Bertz CT molecular complexity index is 150. The van der Waals surface area contributed by atoms with Crippen LogP contribution in [0.3, 0.4) is 0 Å². The van der Waals surface area contributed by atoms with Crippen LogP contribution in [0.5, 0.6) is 0 Å². The Balaban J connectivity index is 2.29. The Morgan fingerprint density at radius 2 is 2.50 bits per heavy atom. The van der Waals surface area contributed by atoms with Crippen molar-refractivity contribution in [3.8, 4) is 0 Å². The molecule has 1 rings (SSSR count). The lowest BCUT2D eigenvalue weighted by atomic mass is 10.1. The van der Waals surface area contributed by atoms with Crippen LogP contribution in [0.1, 0.15) is 6.42 Å². The van der Waals surface area contributed by atoms with E-state index >= 15 is 0 Å². The molecule has 1 atom stereocenters. The first-order chi connectivity index (χ1) is 4.79. The maximum Gasteiger partial charge on any atom is 0.241 e. The molecule has 1 fully saturated rings. The van der Waals surface area contributed by atoms with Gasteiger partial charge in [-0.15, -0.1) is 0 Å². The largest absolute Gasteiger partial charge is 0.366 e. The van der Waals surface area contributed by atoms with Crippen LogP contribution < -0.4 is 5.73 Å². The Labute approximate surface area is 64.9 Å². The molecule has 0 radical (unpaired) electrons. The number of nitrogens with two attached hydrogens (primary N) is 1. The topological polar surface area (TPSA) is 43.1 Å². The molecule has 0 saturated carbocycles. The van der Waals surface area contributed by atoms with Gasteiger partial charge in [0.15, 0.2) is 0 Å². The highest BCUT2D eigenvalue weighted by Gasteiger charge is 2.11. The first-order valence-electron chi connectivity index (χ1n) is 3.34. The zero-order chi connectivity index (χ0) is 7.40. The SMILES string of the molecule is NC(=O)C=CC1CCSC1. The third-order valence-corrected chi connectivity index (χ3v) is 2.69. The van der Waals surface area contributed by atoms with Crippen LogP contribution in [0.25, 0.3) is 0 Å². The number of carbonyl (C=O) groups excluding carboxylic acids is 1. The maximum atomic E-state index is 10.3. The van der Waals surface area contributed by atoms with E-state index in [-0.39, 0.29) is 5.91 Å². The van der Waals surface area contributed by atoms with E-state index in [0.29, 0.717) is 5.92 Å². The summed E-state index contributed by atoms with van der Waals surface area (Å²) in [6.07, 6.45) is 4.58. The summed E-state index contributed by atoms with van der Waals surface area (Å²) in [5, 5.41) is 0. The summed E-state index contributed by atoms with van der Waals surface area (Å²) >= 11 is 1.93. The van der Waals surface area contributed by atoms with Crippen molar-refractivity contribution >= 4 is 17.7 Å². The van der Waals surface area contributed by atoms with E-state index in [9.17, 15) is 4.79 Å². The van der Waals surface area contributed by atoms with Crippen molar-refractivity contribution < 1.29 is 4.79 Å². The lowest BCUT2D eigenvalue weighted by molar-refractivity contribution is -0.113. The monoisotopic (exact) mass is 157 g/mol. The number of hydrogen-bond acceptors (Lipinski definition) is 2. The summed E-state index contributed by atoms with van der Waals surface area (Å²) in [5.41, 5.74) is 4.94. The molecule has 0 bridgehead atoms. The molecule has 1 saturated heterocycles. The van der Waals surface area contributed by atoms with Crippen LogP contribution >= 0.6 is 11.8 Å². The third-order valence-electron chi connectivity index (χ3n) is 1.50. The fourth-order valence-corrected chi connectivity index (χ4v) is 2.15. The van der Waals surface area contributed by atoms with Crippen molar-refractivity contribution in [1.82, 2.24) is 0 Å². The highest BCUT2D eigenvalue weighted by atomic mass is 32.2. The number of allylic oxidation sites excluding steroid dienone is 1. The van der Waals surface area contributed by atoms with Gasteiger partial charge in [-0.1, -0.05) is 6.08 Å². The fourth-order valence-electron chi connectivity index (χ4n) is 0.935. The number of amides is 1. The molecular formula is C7H11NOS. The molecule has 2 nitrogen and oxygen atoms in total. The number of rotatable bonds is 2. The molecule has 3 heteroatoms. The van der Waals surface area contributed by atoms with Gasteiger partial charge in [0.25, 0.3) is 0 Å². The van der Waals surface area contributed by atoms with Crippen molar-refractivity contribution in [2.24, 2.45) is 11.7 Å². The molecule has 0 aromatic heterocycles. The Morgan fingerprint density at radius 3 is 3.00 bits per heavy atom. The molecular weight excluding hydrogens is 146 g/mol. The van der Waals surface area contributed by atoms with Gasteiger partial charge in [-0.05, 0) is 29.9 Å². The lowest BCUT2D eigenvalue weighted by Crippen LogP contribution is -2.06. The summed E-state index contributed by atoms with van der Waals surface area (Å²) in [6, 6.07) is 0. The lowest BCUT2D eigenvalue weighted by Gasteiger charge is -1.96. The molecule has 10 heavy (non-hydrogen) atoms. The Hall–Kier alpha value is -0.440. The van der Waals surface area contributed by atoms with Gasteiger partial charge >= 0.3 is 0 Å². The predicted molar refractivity (Wildman–Crippen MR) is 43.8 cm³/mol. The molecule has 1 aliphatic rings. The summed E-state index contributed by atoms with van der Waals surface area (Å²) in [5.74, 6) is 2.60. The molecule has 56 valence electrons. The molecule has 2 N–H and O–H groups in total. The van der Waals surface area contributed by atoms with Crippen LogP contribution in [0.15, 0.2) is 12.2 Å². The van der Waals surface area contributed by atoms with E-state index in [4.69, 9.17) is 5.73 Å². The van der Waals surface area contributed by atoms with Crippen LogP contribution in [0.4, 0.5) is 0 Å². The van der Waals surface area contributed by atoms with Crippen LogP contribution in [-0.4, -0.2) is 17.4 Å². The summed E-state index contributed by atoms with van der Waals surface area (Å²) in [4.78, 5) is 10.3. The minimum absolute atomic E-state index is 0.336. The minimum Gasteiger partial charge on any atom is -0.366 e. The smallest absolute Gasteiger partial charge is 0.241 e. The summed E-state index contributed by atoms with van der Waals surface area (Å²) in [6.45, 7) is 0. The van der Waals surface area contributed by atoms with E-state index < -0.39 is 0 Å². The molecule has 0 aliphatic carbocycles. The van der Waals surface area contributed by atoms with Crippen molar-refractivity contribution in [3.05, 3.63) is 12.2 Å². The Morgan fingerprint density at radius 1 is 1.70 bits per heavy atom. The second-order valence-corrected chi connectivity index (χ2v) is 3.53. The summed E-state index contributed by atoms with van der Waals surface area (Å²) < 4.78 is 0. The quantitative estimate of drug-likeness (QED) is 0.602. The van der Waals surface area contributed by atoms with Crippen molar-refractivity contribution in [3.63, 3.8) is 0 Å². The van der Waals surface area contributed by atoms with Crippen LogP contribution in [0, 0.1) is 5.92 Å². The average molecular weight is 157 g/mol. The van der Waals surface area contributed by atoms with E-state index in [1.165, 1.54) is 18.2 Å². The molecule has 0 aromatic carbocycles. The number of hydrogen-bond donors (Lipinski definition) is 1. The van der Waals surface area contributed by atoms with E-state index in [1.54, 1.807) is 0 Å². The van der Waals surface area contributed by atoms with Gasteiger partial charge in [-0.3, -0.25) is 4.79 Å². The minimum atomic E-state index is -0.336. The van der Waals surface area contributed by atoms with Gasteiger partial charge in [0.05, 0.1) is 0 Å². The zero-order valence-corrected chi connectivity index (χ0v) is 6.56. The van der Waals surface area contributed by atoms with Crippen molar-refractivity contribution in [2.75, 3.05) is 11.5 Å². The molecule has 0 spiro atoms. The first kappa shape index (κ1) is 7.66. The Kier molecular flexibility index (Phi) is 2.81. The molecule has 0 aromatic rings. The zero-order valence-electron chi connectivity index (χ0n) is 5.75. The van der Waals surface area contributed by atoms with E-state index in [2.05, 4.69) is 0 Å². The van der Waals surface area contributed by atoms with Gasteiger partial charge in [0.1, 0.15) is 0 Å². The molecule has 1 unspecified atom stereocenters. The standard InChI is InChI=1S/C7H11NOS/c8-7(9)2-1-6-3-4-10-5-6/h1-2,6H,3-5H2,(H2,8,9). The summed E-state index contributed by atoms with van der Waals surface area (Å²) in [7, 11) is 0. The predicted octanol–water partition coefficient (Wildman–Crippen LogP) is 0.781. The van der Waals surface area contributed by atoms with E-state index in [0.717, 1.165) is 5.75 Å². The van der Waals surface area contributed by atoms with Crippen molar-refractivity contribution in [1.29, 1.82) is 0 Å². The highest BCUT2D eigenvalue weighted by molar-refractivity contribution is 7.99. The van der Waals surface area contributed by atoms with Gasteiger partial charge in [-0.25, -0.2) is 0 Å². The molecule has 1 amide bonds. The van der Waals surface area contributed by atoms with Crippen LogP contribution in [-0.2, 0) is 4.79 Å². The third kappa shape index (κ3) is 2.43. The molecule has 1 heterocycles. The van der Waals surface area contributed by atoms with Gasteiger partial charge in [-0.2, -0.15) is 11.8 Å². The number of carbonyl (C=O) groups is 1. The highest BCUT2D eigenvalue weighted by Crippen LogP contribution is 2.23. The van der Waals surface area contributed by atoms with Crippen LogP contribution in [0.2, 0.25) is 0 Å². The number of thioether (sulfide) groups is 1. The average Bonchev–Trinajstić information content (AvgIpc) is 2.34. The number of primary amides is 1. The van der Waals surface area contributed by atoms with Gasteiger partial charge in [0.2, 0.25) is 5.91 Å². The second kappa shape index (κ2) is 3.66. The van der Waals surface area contributed by atoms with Gasteiger partial charge in [0, 0.05) is 0 Å². The van der Waals surface area contributed by atoms with Crippen molar-refractivity contribution in [2.45, 2.75) is 6.42 Å². The second-order valence-electron chi connectivity index (χ2n) is 2.39.